The fourth-order valence-corrected chi connectivity index (χ4v) is 2.67. The second-order valence-corrected chi connectivity index (χ2v) is 5.39. The van der Waals surface area contributed by atoms with Crippen LogP contribution in [0.2, 0.25) is 0 Å². The first-order chi connectivity index (χ1) is 10.2. The third-order valence-corrected chi connectivity index (χ3v) is 3.75. The Hall–Kier alpha value is -1.91. The van der Waals surface area contributed by atoms with Gasteiger partial charge in [-0.3, -0.25) is 4.90 Å². The van der Waals surface area contributed by atoms with Crippen molar-refractivity contribution in [3.05, 3.63) is 65.5 Å². The van der Waals surface area contributed by atoms with Gasteiger partial charge in [0.1, 0.15) is 5.82 Å². The van der Waals surface area contributed by atoms with Crippen LogP contribution in [0.25, 0.3) is 0 Å². The van der Waals surface area contributed by atoms with E-state index < -0.39 is 0 Å². The normalized spacial score (nSPS) is 19.6. The van der Waals surface area contributed by atoms with Crippen LogP contribution in [0.1, 0.15) is 17.2 Å². The number of halogens is 1. The summed E-state index contributed by atoms with van der Waals surface area (Å²) in [4.78, 5) is 2.34. The predicted octanol–water partition coefficient (Wildman–Crippen LogP) is 2.98. The van der Waals surface area contributed by atoms with E-state index in [-0.39, 0.29) is 11.9 Å². The van der Waals surface area contributed by atoms with Crippen molar-refractivity contribution in [3.8, 4) is 0 Å². The molecule has 0 saturated carbocycles. The maximum atomic E-state index is 13.0. The number of hydrogen-bond acceptors (Lipinski definition) is 3. The number of ether oxygens (including phenoxy) is 1. The third-order valence-electron chi connectivity index (χ3n) is 3.75. The Balaban J connectivity index is 1.67. The predicted molar refractivity (Wildman–Crippen MR) is 81.2 cm³/mol. The average Bonchev–Trinajstić information content (AvgIpc) is 2.48. The van der Waals surface area contributed by atoms with Gasteiger partial charge in [-0.1, -0.05) is 24.3 Å². The molecule has 1 fully saturated rings. The van der Waals surface area contributed by atoms with E-state index in [2.05, 4.69) is 11.0 Å². The van der Waals surface area contributed by atoms with E-state index in [0.717, 1.165) is 30.9 Å². The molecule has 0 aromatic heterocycles. The van der Waals surface area contributed by atoms with Crippen LogP contribution >= 0.6 is 0 Å². The highest BCUT2D eigenvalue weighted by Gasteiger charge is 2.22. The highest BCUT2D eigenvalue weighted by Crippen LogP contribution is 2.23. The lowest BCUT2D eigenvalue weighted by molar-refractivity contribution is -0.0329. The van der Waals surface area contributed by atoms with Crippen molar-refractivity contribution in [2.24, 2.45) is 0 Å². The Morgan fingerprint density at radius 1 is 1.19 bits per heavy atom. The lowest BCUT2D eigenvalue weighted by atomic mass is 10.1. The first-order valence-corrected chi connectivity index (χ1v) is 7.14. The van der Waals surface area contributed by atoms with Crippen LogP contribution in [0.15, 0.2) is 48.5 Å². The Bertz CT molecular complexity index is 600. The van der Waals surface area contributed by atoms with E-state index in [9.17, 15) is 4.39 Å². The molecule has 110 valence electrons. The van der Waals surface area contributed by atoms with Crippen molar-refractivity contribution < 1.29 is 9.13 Å². The summed E-state index contributed by atoms with van der Waals surface area (Å²) in [7, 11) is 0. The number of benzene rings is 2. The Morgan fingerprint density at radius 2 is 2.00 bits per heavy atom. The zero-order chi connectivity index (χ0) is 14.7. The second-order valence-electron chi connectivity index (χ2n) is 5.39. The van der Waals surface area contributed by atoms with Gasteiger partial charge in [-0.25, -0.2) is 4.39 Å². The molecule has 2 aromatic rings. The molecule has 1 heterocycles. The highest BCUT2D eigenvalue weighted by atomic mass is 19.1. The summed E-state index contributed by atoms with van der Waals surface area (Å²) in [5, 5.41) is 0. The molecule has 1 aliphatic rings. The lowest BCUT2D eigenvalue weighted by Crippen LogP contribution is -2.37. The van der Waals surface area contributed by atoms with Crippen molar-refractivity contribution in [2.45, 2.75) is 12.6 Å². The monoisotopic (exact) mass is 286 g/mol. The third kappa shape index (κ3) is 3.60. The van der Waals surface area contributed by atoms with Gasteiger partial charge in [-0.15, -0.1) is 0 Å². The lowest BCUT2D eigenvalue weighted by Gasteiger charge is -2.33. The summed E-state index contributed by atoms with van der Waals surface area (Å²) in [6.45, 7) is 3.24. The summed E-state index contributed by atoms with van der Waals surface area (Å²) in [6.07, 6.45) is 0.000379. The van der Waals surface area contributed by atoms with Crippen LogP contribution in [-0.2, 0) is 11.3 Å². The molecule has 1 saturated heterocycles. The van der Waals surface area contributed by atoms with Crippen molar-refractivity contribution in [1.82, 2.24) is 4.90 Å². The summed E-state index contributed by atoms with van der Waals surface area (Å²) in [5.74, 6) is -0.217. The molecule has 2 aromatic carbocycles. The minimum atomic E-state index is -0.217. The number of anilines is 1. The van der Waals surface area contributed by atoms with Crippen LogP contribution in [0, 0.1) is 5.82 Å². The standard InChI is InChI=1S/C17H19FN2O/c18-15-6-4-14(5-7-15)17-12-20(8-9-21-17)11-13-2-1-3-16(19)10-13/h1-7,10,17H,8-9,11-12,19H2. The van der Waals surface area contributed by atoms with Gasteiger partial charge in [0, 0.05) is 25.3 Å². The van der Waals surface area contributed by atoms with Gasteiger partial charge in [0.05, 0.1) is 12.7 Å². The number of morpholine rings is 1. The quantitative estimate of drug-likeness (QED) is 0.882. The molecule has 0 spiro atoms. The minimum absolute atomic E-state index is 0.000379. The molecule has 1 aliphatic heterocycles. The average molecular weight is 286 g/mol. The molecule has 0 amide bonds. The van der Waals surface area contributed by atoms with E-state index >= 15 is 0 Å². The maximum absolute atomic E-state index is 13.0. The molecule has 2 N–H and O–H groups in total. The number of nitrogens with two attached hydrogens (primary N) is 1. The first kappa shape index (κ1) is 14.0. The Kier molecular flexibility index (Phi) is 4.18. The molecular weight excluding hydrogens is 267 g/mol. The van der Waals surface area contributed by atoms with Crippen LogP contribution in [0.4, 0.5) is 10.1 Å². The van der Waals surface area contributed by atoms with E-state index in [1.54, 1.807) is 12.1 Å². The van der Waals surface area contributed by atoms with Gasteiger partial charge in [-0.2, -0.15) is 0 Å². The van der Waals surface area contributed by atoms with E-state index in [1.165, 1.54) is 17.7 Å². The van der Waals surface area contributed by atoms with Crippen molar-refractivity contribution in [3.63, 3.8) is 0 Å². The number of rotatable bonds is 3. The Morgan fingerprint density at radius 3 is 2.76 bits per heavy atom. The van der Waals surface area contributed by atoms with Crippen LogP contribution in [-0.4, -0.2) is 24.6 Å². The van der Waals surface area contributed by atoms with Gasteiger partial charge in [0.15, 0.2) is 0 Å². The largest absolute Gasteiger partial charge is 0.399 e. The van der Waals surface area contributed by atoms with E-state index in [0.29, 0.717) is 6.61 Å². The van der Waals surface area contributed by atoms with Gasteiger partial charge < -0.3 is 10.5 Å². The summed E-state index contributed by atoms with van der Waals surface area (Å²) in [6, 6.07) is 14.5. The summed E-state index contributed by atoms with van der Waals surface area (Å²) < 4.78 is 18.8. The molecule has 21 heavy (non-hydrogen) atoms. The molecule has 0 bridgehead atoms. The fraction of sp³-hybridized carbons (Fsp3) is 0.294. The molecule has 0 radical (unpaired) electrons. The maximum Gasteiger partial charge on any atom is 0.123 e. The van der Waals surface area contributed by atoms with Gasteiger partial charge >= 0.3 is 0 Å². The SMILES string of the molecule is Nc1cccc(CN2CCOC(c3ccc(F)cc3)C2)c1. The van der Waals surface area contributed by atoms with Crippen LogP contribution in [0.3, 0.4) is 0 Å². The minimum Gasteiger partial charge on any atom is -0.399 e. The molecular formula is C17H19FN2O. The molecule has 0 aliphatic carbocycles. The van der Waals surface area contributed by atoms with Crippen molar-refractivity contribution in [2.75, 3.05) is 25.4 Å². The van der Waals surface area contributed by atoms with Crippen LogP contribution in [0.5, 0.6) is 0 Å². The van der Waals surface area contributed by atoms with Crippen molar-refractivity contribution >= 4 is 5.69 Å². The zero-order valence-electron chi connectivity index (χ0n) is 11.8. The molecule has 4 heteroatoms. The molecule has 1 unspecified atom stereocenters. The van der Waals surface area contributed by atoms with E-state index in [4.69, 9.17) is 10.5 Å². The molecule has 1 atom stereocenters. The smallest absolute Gasteiger partial charge is 0.123 e. The zero-order valence-corrected chi connectivity index (χ0v) is 11.8. The highest BCUT2D eigenvalue weighted by molar-refractivity contribution is 5.40. The van der Waals surface area contributed by atoms with Gasteiger partial charge in [0.2, 0.25) is 0 Å². The van der Waals surface area contributed by atoms with Crippen LogP contribution < -0.4 is 5.73 Å². The summed E-state index contributed by atoms with van der Waals surface area (Å²) in [5.41, 5.74) is 8.83. The fourth-order valence-electron chi connectivity index (χ4n) is 2.67. The molecule has 3 nitrogen and oxygen atoms in total. The van der Waals surface area contributed by atoms with Gasteiger partial charge in [-0.05, 0) is 35.4 Å². The second kappa shape index (κ2) is 6.24. The summed E-state index contributed by atoms with van der Waals surface area (Å²) >= 11 is 0. The number of nitrogen functional groups attached to an aromatic ring is 1. The topological polar surface area (TPSA) is 38.5 Å². The van der Waals surface area contributed by atoms with Crippen molar-refractivity contribution in [1.29, 1.82) is 0 Å². The number of hydrogen-bond donors (Lipinski definition) is 1. The molecule has 3 rings (SSSR count). The van der Waals surface area contributed by atoms with E-state index in [1.807, 2.05) is 18.2 Å². The Labute approximate surface area is 124 Å². The van der Waals surface area contributed by atoms with Gasteiger partial charge in [0.25, 0.3) is 0 Å². The first-order valence-electron chi connectivity index (χ1n) is 7.14. The number of nitrogens with zero attached hydrogens (tertiary/aromatic N) is 1.